The van der Waals surface area contributed by atoms with Crippen LogP contribution in [-0.4, -0.2) is 26.9 Å². The number of carbonyl (C=O) groups excluding carboxylic acids is 1. The van der Waals surface area contributed by atoms with Crippen LogP contribution in [0.4, 0.5) is 5.69 Å². The van der Waals surface area contributed by atoms with Gasteiger partial charge >= 0.3 is 0 Å². The van der Waals surface area contributed by atoms with Crippen LogP contribution in [0.5, 0.6) is 0 Å². The molecular formula is C19H24ClN3O3S. The van der Waals surface area contributed by atoms with Gasteiger partial charge in [-0.3, -0.25) is 9.52 Å². The lowest BCUT2D eigenvalue weighted by Gasteiger charge is -2.19. The van der Waals surface area contributed by atoms with Crippen molar-refractivity contribution in [2.45, 2.75) is 30.2 Å². The number of amides is 1. The molecule has 0 spiro atoms. The van der Waals surface area contributed by atoms with Gasteiger partial charge in [-0.15, -0.1) is 12.4 Å². The number of para-hydroxylation sites is 1. The molecule has 1 saturated carbocycles. The molecule has 27 heavy (non-hydrogen) atoms. The molecule has 0 heterocycles. The number of benzene rings is 2. The van der Waals surface area contributed by atoms with Crippen LogP contribution in [0, 0.1) is 5.92 Å². The van der Waals surface area contributed by atoms with Gasteiger partial charge in [0.25, 0.3) is 15.9 Å². The molecule has 2 unspecified atom stereocenters. The van der Waals surface area contributed by atoms with E-state index < -0.39 is 10.0 Å². The minimum absolute atomic E-state index is 0. The average Bonchev–Trinajstić information content (AvgIpc) is 3.09. The van der Waals surface area contributed by atoms with E-state index >= 15 is 0 Å². The third-order valence-electron chi connectivity index (χ3n) is 4.73. The quantitative estimate of drug-likeness (QED) is 0.682. The number of anilines is 1. The Balaban J connectivity index is 0.00000261. The summed E-state index contributed by atoms with van der Waals surface area (Å²) in [4.78, 5) is 12.5. The molecule has 0 radical (unpaired) electrons. The third kappa shape index (κ3) is 5.22. The van der Waals surface area contributed by atoms with Crippen molar-refractivity contribution in [3.05, 3.63) is 60.2 Å². The number of sulfonamides is 1. The van der Waals surface area contributed by atoms with Gasteiger partial charge in [0.2, 0.25) is 0 Å². The van der Waals surface area contributed by atoms with Gasteiger partial charge in [0.1, 0.15) is 0 Å². The SMILES string of the molecule is Cl.NCC1CCCC1NC(=O)c1ccc(S(=O)(=O)Nc2ccccc2)cc1. The lowest BCUT2D eigenvalue weighted by atomic mass is 10.0. The van der Waals surface area contributed by atoms with E-state index in [0.717, 1.165) is 19.3 Å². The normalized spacial score (nSPS) is 19.1. The molecule has 1 aliphatic carbocycles. The Kier molecular flexibility index (Phi) is 7.24. The number of halogens is 1. The molecule has 6 nitrogen and oxygen atoms in total. The van der Waals surface area contributed by atoms with E-state index in [4.69, 9.17) is 5.73 Å². The van der Waals surface area contributed by atoms with Gasteiger partial charge in [-0.1, -0.05) is 24.6 Å². The lowest BCUT2D eigenvalue weighted by Crippen LogP contribution is -2.39. The van der Waals surface area contributed by atoms with Gasteiger partial charge in [-0.25, -0.2) is 8.42 Å². The molecule has 2 atom stereocenters. The summed E-state index contributed by atoms with van der Waals surface area (Å²) < 4.78 is 27.3. The van der Waals surface area contributed by atoms with Gasteiger partial charge in [0.05, 0.1) is 4.90 Å². The van der Waals surface area contributed by atoms with Crippen LogP contribution in [0.3, 0.4) is 0 Å². The highest BCUT2D eigenvalue weighted by molar-refractivity contribution is 7.92. The Bertz CT molecular complexity index is 858. The molecular weight excluding hydrogens is 386 g/mol. The highest BCUT2D eigenvalue weighted by atomic mass is 35.5. The van der Waals surface area contributed by atoms with E-state index in [-0.39, 0.29) is 29.3 Å². The second-order valence-electron chi connectivity index (χ2n) is 6.50. The fraction of sp³-hybridized carbons (Fsp3) is 0.316. The topological polar surface area (TPSA) is 101 Å². The molecule has 0 aliphatic heterocycles. The van der Waals surface area contributed by atoms with Gasteiger partial charge < -0.3 is 11.1 Å². The molecule has 1 fully saturated rings. The molecule has 1 amide bonds. The zero-order valence-electron chi connectivity index (χ0n) is 14.8. The van der Waals surface area contributed by atoms with E-state index in [1.165, 1.54) is 24.3 Å². The number of nitrogens with two attached hydrogens (primary N) is 1. The predicted octanol–water partition coefficient (Wildman–Crippen LogP) is 2.77. The van der Waals surface area contributed by atoms with Crippen LogP contribution < -0.4 is 15.8 Å². The van der Waals surface area contributed by atoms with Crippen LogP contribution in [0.1, 0.15) is 29.6 Å². The monoisotopic (exact) mass is 409 g/mol. The second kappa shape index (κ2) is 9.21. The van der Waals surface area contributed by atoms with Crippen LogP contribution in [0.25, 0.3) is 0 Å². The summed E-state index contributed by atoms with van der Waals surface area (Å²) in [7, 11) is -3.69. The van der Waals surface area contributed by atoms with Crippen LogP contribution in [-0.2, 0) is 10.0 Å². The van der Waals surface area contributed by atoms with Crippen molar-refractivity contribution in [2.24, 2.45) is 11.7 Å². The molecule has 3 rings (SSSR count). The molecule has 8 heteroatoms. The summed E-state index contributed by atoms with van der Waals surface area (Å²) in [6, 6.07) is 14.7. The first-order valence-electron chi connectivity index (χ1n) is 8.68. The zero-order valence-corrected chi connectivity index (χ0v) is 16.4. The number of nitrogens with one attached hydrogen (secondary N) is 2. The summed E-state index contributed by atoms with van der Waals surface area (Å²) in [5.74, 6) is 0.115. The summed E-state index contributed by atoms with van der Waals surface area (Å²) in [6.45, 7) is 0.563. The van der Waals surface area contributed by atoms with Crippen molar-refractivity contribution in [1.29, 1.82) is 0 Å². The highest BCUT2D eigenvalue weighted by Gasteiger charge is 2.27. The van der Waals surface area contributed by atoms with Crippen molar-refractivity contribution in [1.82, 2.24) is 5.32 Å². The van der Waals surface area contributed by atoms with Gasteiger partial charge in [-0.2, -0.15) is 0 Å². The van der Waals surface area contributed by atoms with E-state index in [1.807, 2.05) is 6.07 Å². The van der Waals surface area contributed by atoms with E-state index in [9.17, 15) is 13.2 Å². The fourth-order valence-corrected chi connectivity index (χ4v) is 4.33. The zero-order chi connectivity index (χ0) is 18.6. The minimum atomic E-state index is -3.69. The molecule has 146 valence electrons. The Morgan fingerprint density at radius 2 is 1.70 bits per heavy atom. The molecule has 2 aromatic rings. The minimum Gasteiger partial charge on any atom is -0.349 e. The third-order valence-corrected chi connectivity index (χ3v) is 6.13. The smallest absolute Gasteiger partial charge is 0.261 e. The Hall–Kier alpha value is -2.09. The number of carbonyl (C=O) groups is 1. The Morgan fingerprint density at radius 1 is 1.04 bits per heavy atom. The molecule has 0 aromatic heterocycles. The highest BCUT2D eigenvalue weighted by Crippen LogP contribution is 2.25. The van der Waals surface area contributed by atoms with Crippen LogP contribution in [0.15, 0.2) is 59.5 Å². The fourth-order valence-electron chi connectivity index (χ4n) is 3.27. The lowest BCUT2D eigenvalue weighted by molar-refractivity contribution is 0.0928. The van der Waals surface area contributed by atoms with E-state index in [0.29, 0.717) is 23.7 Å². The van der Waals surface area contributed by atoms with Crippen molar-refractivity contribution < 1.29 is 13.2 Å². The van der Waals surface area contributed by atoms with E-state index in [1.54, 1.807) is 24.3 Å². The Morgan fingerprint density at radius 3 is 2.33 bits per heavy atom. The van der Waals surface area contributed by atoms with Crippen molar-refractivity contribution in [2.75, 3.05) is 11.3 Å². The molecule has 1 aliphatic rings. The first-order valence-corrected chi connectivity index (χ1v) is 10.2. The van der Waals surface area contributed by atoms with E-state index in [2.05, 4.69) is 10.0 Å². The molecule has 0 bridgehead atoms. The maximum absolute atomic E-state index is 12.4. The number of hydrogen-bond acceptors (Lipinski definition) is 4. The first-order chi connectivity index (χ1) is 12.5. The largest absolute Gasteiger partial charge is 0.349 e. The molecule has 4 N–H and O–H groups in total. The van der Waals surface area contributed by atoms with Crippen molar-refractivity contribution in [3.63, 3.8) is 0 Å². The standard InChI is InChI=1S/C19H23N3O3S.ClH/c20-13-15-5-4-8-18(15)21-19(23)14-9-11-17(12-10-14)26(24,25)22-16-6-2-1-3-7-16;/h1-3,6-7,9-12,15,18,22H,4-5,8,13,20H2,(H,21,23);1H. The molecule has 0 saturated heterocycles. The summed E-state index contributed by atoms with van der Waals surface area (Å²) >= 11 is 0. The Labute approximate surface area is 166 Å². The maximum atomic E-state index is 12.4. The van der Waals surface area contributed by atoms with Crippen molar-refractivity contribution in [3.8, 4) is 0 Å². The van der Waals surface area contributed by atoms with Crippen LogP contribution in [0.2, 0.25) is 0 Å². The van der Waals surface area contributed by atoms with Crippen LogP contribution >= 0.6 is 12.4 Å². The predicted molar refractivity (Wildman–Crippen MR) is 109 cm³/mol. The average molecular weight is 410 g/mol. The first kappa shape index (κ1) is 21.2. The summed E-state index contributed by atoms with van der Waals surface area (Å²) in [5.41, 5.74) is 6.67. The van der Waals surface area contributed by atoms with Gasteiger partial charge in [0, 0.05) is 17.3 Å². The molecule has 2 aromatic carbocycles. The van der Waals surface area contributed by atoms with Crippen molar-refractivity contribution >= 4 is 34.0 Å². The number of hydrogen-bond donors (Lipinski definition) is 3. The van der Waals surface area contributed by atoms with Gasteiger partial charge in [0.15, 0.2) is 0 Å². The van der Waals surface area contributed by atoms with Gasteiger partial charge in [-0.05, 0) is 61.7 Å². The maximum Gasteiger partial charge on any atom is 0.261 e. The number of rotatable bonds is 6. The second-order valence-corrected chi connectivity index (χ2v) is 8.18. The summed E-state index contributed by atoms with van der Waals surface area (Å²) in [6.07, 6.45) is 3.03. The summed E-state index contributed by atoms with van der Waals surface area (Å²) in [5, 5.41) is 3.01.